The van der Waals surface area contributed by atoms with Crippen molar-refractivity contribution in [2.75, 3.05) is 32.1 Å². The average molecular weight is 743 g/mol. The summed E-state index contributed by atoms with van der Waals surface area (Å²) in [7, 11) is 3.57. The number of nitrogens with zero attached hydrogens (tertiary/aromatic N) is 7. The van der Waals surface area contributed by atoms with Crippen molar-refractivity contribution < 1.29 is 15.0 Å². The van der Waals surface area contributed by atoms with E-state index in [-0.39, 0.29) is 6.61 Å². The molecule has 56 heavy (non-hydrogen) atoms. The molecule has 0 atom stereocenters. The maximum Gasteiger partial charge on any atom is 0.407 e. The van der Waals surface area contributed by atoms with Gasteiger partial charge in [0.15, 0.2) is 11.6 Å². The van der Waals surface area contributed by atoms with Gasteiger partial charge in [-0.3, -0.25) is 4.98 Å². The molecule has 1 amide bonds. The number of hydrogen-bond acceptors (Lipinski definition) is 7. The number of aliphatic hydroxyl groups excluding tert-OH is 1. The van der Waals surface area contributed by atoms with Gasteiger partial charge in [0.25, 0.3) is 0 Å². The Balaban J connectivity index is 1.34. The molecular formula is C45H42N8O3. The number of benzene rings is 4. The van der Waals surface area contributed by atoms with E-state index >= 15 is 0 Å². The van der Waals surface area contributed by atoms with Crippen LogP contribution in [0.5, 0.6) is 0 Å². The van der Waals surface area contributed by atoms with Crippen LogP contribution in [-0.2, 0) is 12.1 Å². The van der Waals surface area contributed by atoms with Gasteiger partial charge in [-0.15, -0.1) is 0 Å². The van der Waals surface area contributed by atoms with Crippen molar-refractivity contribution in [3.8, 4) is 22.6 Å². The molecule has 0 aliphatic carbocycles. The number of anilines is 1. The largest absolute Gasteiger partial charge is 0.465 e. The van der Waals surface area contributed by atoms with Gasteiger partial charge in [-0.05, 0) is 64.9 Å². The highest BCUT2D eigenvalue weighted by Gasteiger charge is 2.41. The monoisotopic (exact) mass is 742 g/mol. The van der Waals surface area contributed by atoms with Crippen LogP contribution in [0, 0.1) is 0 Å². The Hall–Kier alpha value is -6.85. The maximum absolute atomic E-state index is 11.3. The summed E-state index contributed by atoms with van der Waals surface area (Å²) < 4.78 is 2.14. The van der Waals surface area contributed by atoms with Crippen LogP contribution in [-0.4, -0.2) is 78.1 Å². The van der Waals surface area contributed by atoms with Crippen LogP contribution in [0.3, 0.4) is 0 Å². The van der Waals surface area contributed by atoms with Gasteiger partial charge >= 0.3 is 6.09 Å². The van der Waals surface area contributed by atoms with Crippen LogP contribution in [0.15, 0.2) is 140 Å². The van der Waals surface area contributed by atoms with Crippen LogP contribution in [0.25, 0.3) is 44.6 Å². The number of aromatic nitrogens is 6. The number of aromatic amines is 1. The normalized spacial score (nSPS) is 11.6. The van der Waals surface area contributed by atoms with E-state index in [1.54, 1.807) is 25.6 Å². The topological polar surface area (TPSA) is 136 Å². The van der Waals surface area contributed by atoms with Crippen molar-refractivity contribution >= 4 is 33.8 Å². The maximum atomic E-state index is 11.3. The Labute approximate surface area is 324 Å². The summed E-state index contributed by atoms with van der Waals surface area (Å²) in [4.78, 5) is 32.6. The first-order valence-electron chi connectivity index (χ1n) is 18.6. The number of unbranched alkanes of at least 4 members (excludes halogenated alkanes) is 1. The van der Waals surface area contributed by atoms with Gasteiger partial charge < -0.3 is 25.0 Å². The molecule has 0 saturated carbocycles. The molecule has 4 heterocycles. The number of imidazole rings is 1. The zero-order chi connectivity index (χ0) is 38.6. The molecule has 0 fully saturated rings. The van der Waals surface area contributed by atoms with Crippen LogP contribution in [0.2, 0.25) is 0 Å². The molecule has 11 heteroatoms. The van der Waals surface area contributed by atoms with Crippen molar-refractivity contribution in [1.82, 2.24) is 34.6 Å². The highest BCUT2D eigenvalue weighted by molar-refractivity contribution is 5.98. The number of H-pyrrole nitrogens is 1. The second-order valence-corrected chi connectivity index (χ2v) is 14.0. The molecule has 0 unspecified atom stereocenters. The lowest BCUT2D eigenvalue weighted by molar-refractivity contribution is 0.155. The standard InChI is InChI=1S/C45H42N8O3/c1-51(24-12-13-25-52(2)44(55)56)43-41-38(22-23-47-43)48-42(49-41)40-37-27-32(33-26-31(30-54)28-46-29-33)20-21-39(37)53(50-40)45(34-14-6-3-7-15-34,35-16-8-4-9-17-35)36-18-10-5-11-19-36/h3-11,14-23,26-29,54H,12-13,24-25,30H2,1-2H3,(H,48,49)(H,55,56). The number of nitrogens with one attached hydrogen (secondary N) is 1. The van der Waals surface area contributed by atoms with E-state index in [0.717, 1.165) is 68.5 Å². The van der Waals surface area contributed by atoms with Crippen molar-refractivity contribution in [2.24, 2.45) is 0 Å². The summed E-state index contributed by atoms with van der Waals surface area (Å²) in [6, 6.07) is 41.6. The van der Waals surface area contributed by atoms with E-state index in [0.29, 0.717) is 30.1 Å². The quantitative estimate of drug-likeness (QED) is 0.0795. The molecule has 3 N–H and O–H groups in total. The first kappa shape index (κ1) is 36.1. The predicted octanol–water partition coefficient (Wildman–Crippen LogP) is 8.20. The smallest absolute Gasteiger partial charge is 0.407 e. The van der Waals surface area contributed by atoms with Gasteiger partial charge in [0.05, 0.1) is 17.6 Å². The molecule has 0 bridgehead atoms. The number of hydrogen-bond donors (Lipinski definition) is 3. The molecule has 0 saturated heterocycles. The Morgan fingerprint density at radius 1 is 0.786 bits per heavy atom. The highest BCUT2D eigenvalue weighted by atomic mass is 16.4. The molecule has 4 aromatic heterocycles. The Morgan fingerprint density at radius 3 is 2.05 bits per heavy atom. The van der Waals surface area contributed by atoms with Gasteiger partial charge in [0.1, 0.15) is 16.7 Å². The zero-order valence-electron chi connectivity index (χ0n) is 31.2. The van der Waals surface area contributed by atoms with Gasteiger partial charge in [0.2, 0.25) is 0 Å². The van der Waals surface area contributed by atoms with Crippen LogP contribution >= 0.6 is 0 Å². The summed E-state index contributed by atoms with van der Waals surface area (Å²) >= 11 is 0. The lowest BCUT2D eigenvalue weighted by Gasteiger charge is -2.37. The van der Waals surface area contributed by atoms with E-state index in [1.165, 1.54) is 4.90 Å². The fourth-order valence-corrected chi connectivity index (χ4v) is 7.58. The molecule has 8 aromatic rings. The summed E-state index contributed by atoms with van der Waals surface area (Å²) in [6.07, 6.45) is 5.83. The first-order valence-corrected chi connectivity index (χ1v) is 18.6. The minimum Gasteiger partial charge on any atom is -0.465 e. The predicted molar refractivity (Wildman–Crippen MR) is 220 cm³/mol. The lowest BCUT2D eigenvalue weighted by Crippen LogP contribution is -2.38. The lowest BCUT2D eigenvalue weighted by atomic mass is 9.77. The van der Waals surface area contributed by atoms with E-state index in [9.17, 15) is 15.0 Å². The Kier molecular flexibility index (Phi) is 9.99. The first-order chi connectivity index (χ1) is 27.4. The molecule has 0 aliphatic rings. The third kappa shape index (κ3) is 6.62. The molecule has 0 spiro atoms. The van der Waals surface area contributed by atoms with Crippen molar-refractivity contribution in [2.45, 2.75) is 25.0 Å². The van der Waals surface area contributed by atoms with Crippen molar-refractivity contribution in [3.63, 3.8) is 0 Å². The number of fused-ring (bicyclic) bond motifs is 2. The van der Waals surface area contributed by atoms with Gasteiger partial charge in [0, 0.05) is 56.7 Å². The molecule has 0 aliphatic heterocycles. The van der Waals surface area contributed by atoms with Gasteiger partial charge in [-0.2, -0.15) is 5.10 Å². The molecule has 11 nitrogen and oxygen atoms in total. The average Bonchev–Trinajstić information content (AvgIpc) is 3.86. The molecule has 280 valence electrons. The molecule has 8 rings (SSSR count). The Bertz CT molecular complexity index is 2510. The second kappa shape index (κ2) is 15.5. The minimum atomic E-state index is -0.931. The minimum absolute atomic E-state index is 0.108. The molecule has 0 radical (unpaired) electrons. The fraction of sp³-hybridized carbons (Fsp3) is 0.178. The van der Waals surface area contributed by atoms with Crippen molar-refractivity contribution in [1.29, 1.82) is 0 Å². The summed E-state index contributed by atoms with van der Waals surface area (Å²) in [5, 5.41) is 25.6. The van der Waals surface area contributed by atoms with Gasteiger partial charge in [-0.1, -0.05) is 97.1 Å². The number of aliphatic hydroxyl groups is 1. The van der Waals surface area contributed by atoms with Crippen LogP contribution in [0.4, 0.5) is 10.6 Å². The van der Waals surface area contributed by atoms with E-state index < -0.39 is 11.6 Å². The van der Waals surface area contributed by atoms with Gasteiger partial charge in [-0.25, -0.2) is 19.4 Å². The third-order valence-corrected chi connectivity index (χ3v) is 10.4. The van der Waals surface area contributed by atoms with Crippen LogP contribution < -0.4 is 4.90 Å². The molecule has 4 aromatic carbocycles. The number of rotatable bonds is 13. The Morgan fingerprint density at radius 2 is 1.43 bits per heavy atom. The van der Waals surface area contributed by atoms with Crippen LogP contribution in [0.1, 0.15) is 35.1 Å². The van der Waals surface area contributed by atoms with E-state index in [2.05, 4.69) is 111 Å². The summed E-state index contributed by atoms with van der Waals surface area (Å²) in [6.45, 7) is 1.03. The zero-order valence-corrected chi connectivity index (χ0v) is 31.2. The number of carboxylic acid groups (broad SMARTS) is 1. The SMILES string of the molecule is CN(CCCCN(C)c1nccc2[nH]c(-c3nn(C(c4ccccc4)(c4ccccc4)c4ccccc4)c4ccc(-c5cncc(CO)c5)cc34)nc12)C(=O)O. The van der Waals surface area contributed by atoms with E-state index in [4.69, 9.17) is 15.1 Å². The number of pyridine rings is 2. The summed E-state index contributed by atoms with van der Waals surface area (Å²) in [5.41, 5.74) is 7.89. The fourth-order valence-electron chi connectivity index (χ4n) is 7.58. The number of carbonyl (C=O) groups is 1. The number of amides is 1. The summed E-state index contributed by atoms with van der Waals surface area (Å²) in [5.74, 6) is 1.32. The van der Waals surface area contributed by atoms with E-state index in [1.807, 2.05) is 37.4 Å². The van der Waals surface area contributed by atoms with Crippen molar-refractivity contribution in [3.05, 3.63) is 162 Å². The molecular weight excluding hydrogens is 701 g/mol. The third-order valence-electron chi connectivity index (χ3n) is 10.4. The second-order valence-electron chi connectivity index (χ2n) is 14.0. The highest BCUT2D eigenvalue weighted by Crippen LogP contribution is 2.44.